The van der Waals surface area contributed by atoms with Crippen molar-refractivity contribution in [3.63, 3.8) is 0 Å². The minimum atomic E-state index is -0.307. The van der Waals surface area contributed by atoms with Gasteiger partial charge in [-0.3, -0.25) is 9.59 Å². The molecule has 0 bridgehead atoms. The number of carbonyl (C=O) groups is 2. The topological polar surface area (TPSA) is 67.9 Å². The molecule has 2 amide bonds. The maximum Gasteiger partial charge on any atom is 0.258 e. The van der Waals surface area contributed by atoms with E-state index in [1.165, 1.54) is 0 Å². The molecule has 1 heterocycles. The lowest BCUT2D eigenvalue weighted by Crippen LogP contribution is -2.46. The Bertz CT molecular complexity index is 498. The van der Waals surface area contributed by atoms with E-state index in [0.717, 1.165) is 5.56 Å². The third kappa shape index (κ3) is 5.07. The summed E-state index contributed by atoms with van der Waals surface area (Å²) < 4.78 is 10.5. The summed E-state index contributed by atoms with van der Waals surface area (Å²) in [7, 11) is 0. The predicted molar refractivity (Wildman–Crippen MR) is 77.1 cm³/mol. The number of hydrogen-bond donors (Lipinski definition) is 1. The average Bonchev–Trinajstić information content (AvgIpc) is 2.51. The van der Waals surface area contributed by atoms with Crippen LogP contribution in [0.3, 0.4) is 0 Å². The average molecular weight is 292 g/mol. The van der Waals surface area contributed by atoms with Crippen molar-refractivity contribution >= 4 is 11.8 Å². The molecule has 0 spiro atoms. The van der Waals surface area contributed by atoms with E-state index in [4.69, 9.17) is 9.47 Å². The summed E-state index contributed by atoms with van der Waals surface area (Å²) in [4.78, 5) is 25.2. The highest BCUT2D eigenvalue weighted by atomic mass is 16.5. The van der Waals surface area contributed by atoms with Gasteiger partial charge in [0.05, 0.1) is 19.8 Å². The van der Waals surface area contributed by atoms with E-state index < -0.39 is 0 Å². The van der Waals surface area contributed by atoms with Crippen molar-refractivity contribution in [3.8, 4) is 5.75 Å². The van der Waals surface area contributed by atoms with Crippen molar-refractivity contribution in [2.75, 3.05) is 39.5 Å². The summed E-state index contributed by atoms with van der Waals surface area (Å²) in [6.07, 6.45) is 0. The number of nitrogens with zero attached hydrogens (tertiary/aromatic N) is 1. The molecule has 1 N–H and O–H groups in total. The third-order valence-corrected chi connectivity index (χ3v) is 3.16. The largest absolute Gasteiger partial charge is 0.484 e. The lowest BCUT2D eigenvalue weighted by molar-refractivity contribution is -0.136. The molecule has 1 aromatic carbocycles. The van der Waals surface area contributed by atoms with E-state index in [0.29, 0.717) is 32.1 Å². The Hall–Kier alpha value is -2.08. The molecule has 0 unspecified atom stereocenters. The van der Waals surface area contributed by atoms with E-state index in [2.05, 4.69) is 5.32 Å². The van der Waals surface area contributed by atoms with Gasteiger partial charge in [0.2, 0.25) is 5.91 Å². The molecule has 0 aromatic heterocycles. The molecule has 0 atom stereocenters. The van der Waals surface area contributed by atoms with Crippen molar-refractivity contribution in [1.82, 2.24) is 10.2 Å². The molecule has 6 nitrogen and oxygen atoms in total. The molecule has 1 fully saturated rings. The summed E-state index contributed by atoms with van der Waals surface area (Å²) in [5.41, 5.74) is 1.07. The number of carbonyl (C=O) groups excluding carboxylic acids is 2. The van der Waals surface area contributed by atoms with Gasteiger partial charge in [0.1, 0.15) is 5.75 Å². The summed E-state index contributed by atoms with van der Waals surface area (Å²) in [6.45, 7) is 4.11. The standard InChI is InChI=1S/C15H20N2O4/c1-12-3-2-4-13(9-12)21-11-14(18)16-10-15(19)17-5-7-20-8-6-17/h2-4,9H,5-8,10-11H2,1H3,(H,16,18). The maximum absolute atomic E-state index is 11.8. The lowest BCUT2D eigenvalue weighted by atomic mass is 10.2. The SMILES string of the molecule is Cc1cccc(OCC(=O)NCC(=O)N2CCOCC2)c1. The van der Waals surface area contributed by atoms with Crippen LogP contribution in [0, 0.1) is 6.92 Å². The first-order valence-corrected chi connectivity index (χ1v) is 6.97. The molecule has 0 aliphatic carbocycles. The zero-order valence-electron chi connectivity index (χ0n) is 12.1. The predicted octanol–water partition coefficient (Wildman–Crippen LogP) is 0.349. The van der Waals surface area contributed by atoms with Gasteiger partial charge in [-0.15, -0.1) is 0 Å². The molecule has 1 aromatic rings. The molecule has 2 rings (SSSR count). The molecule has 0 radical (unpaired) electrons. The van der Waals surface area contributed by atoms with Gasteiger partial charge in [-0.1, -0.05) is 12.1 Å². The number of aryl methyl sites for hydroxylation is 1. The molecular weight excluding hydrogens is 272 g/mol. The fraction of sp³-hybridized carbons (Fsp3) is 0.467. The monoisotopic (exact) mass is 292 g/mol. The van der Waals surface area contributed by atoms with Crippen LogP contribution in [0.15, 0.2) is 24.3 Å². The Morgan fingerprint density at radius 2 is 2.10 bits per heavy atom. The number of ether oxygens (including phenoxy) is 2. The Morgan fingerprint density at radius 1 is 1.33 bits per heavy atom. The number of nitrogens with one attached hydrogen (secondary N) is 1. The van der Waals surface area contributed by atoms with Crippen LogP contribution in [0.4, 0.5) is 0 Å². The fourth-order valence-corrected chi connectivity index (χ4v) is 2.00. The van der Waals surface area contributed by atoms with Gasteiger partial charge < -0.3 is 19.7 Å². The van der Waals surface area contributed by atoms with Crippen LogP contribution in [0.2, 0.25) is 0 Å². The van der Waals surface area contributed by atoms with E-state index >= 15 is 0 Å². The Morgan fingerprint density at radius 3 is 2.81 bits per heavy atom. The normalized spacial score (nSPS) is 14.6. The Labute approximate surface area is 124 Å². The van der Waals surface area contributed by atoms with Gasteiger partial charge in [-0.25, -0.2) is 0 Å². The number of morpholine rings is 1. The molecule has 1 aliphatic rings. The molecule has 0 saturated carbocycles. The molecule has 1 saturated heterocycles. The van der Waals surface area contributed by atoms with Crippen molar-refractivity contribution in [2.45, 2.75) is 6.92 Å². The second kappa shape index (κ2) is 7.64. The third-order valence-electron chi connectivity index (χ3n) is 3.16. The van der Waals surface area contributed by atoms with Crippen molar-refractivity contribution in [1.29, 1.82) is 0 Å². The van der Waals surface area contributed by atoms with Gasteiger partial charge >= 0.3 is 0 Å². The van der Waals surface area contributed by atoms with Crippen LogP contribution in [-0.2, 0) is 14.3 Å². The van der Waals surface area contributed by atoms with E-state index in [1.807, 2.05) is 25.1 Å². The van der Waals surface area contributed by atoms with Gasteiger partial charge in [-0.2, -0.15) is 0 Å². The van der Waals surface area contributed by atoms with E-state index in [-0.39, 0.29) is 25.0 Å². The minimum absolute atomic E-state index is 0.00396. The summed E-state index contributed by atoms with van der Waals surface area (Å²) in [5, 5.41) is 2.57. The highest BCUT2D eigenvalue weighted by molar-refractivity contribution is 5.85. The van der Waals surface area contributed by atoms with Gasteiger partial charge in [-0.05, 0) is 24.6 Å². The quantitative estimate of drug-likeness (QED) is 0.850. The van der Waals surface area contributed by atoms with Crippen LogP contribution in [0.1, 0.15) is 5.56 Å². The van der Waals surface area contributed by atoms with E-state index in [1.54, 1.807) is 11.0 Å². The lowest BCUT2D eigenvalue weighted by Gasteiger charge is -2.26. The molecular formula is C15H20N2O4. The Kier molecular flexibility index (Phi) is 5.57. The highest BCUT2D eigenvalue weighted by Gasteiger charge is 2.17. The fourth-order valence-electron chi connectivity index (χ4n) is 2.00. The first-order chi connectivity index (χ1) is 10.1. The first-order valence-electron chi connectivity index (χ1n) is 6.97. The summed E-state index contributed by atoms with van der Waals surface area (Å²) >= 11 is 0. The van der Waals surface area contributed by atoms with Gasteiger partial charge in [0.15, 0.2) is 6.61 Å². The second-order valence-electron chi connectivity index (χ2n) is 4.88. The first kappa shape index (κ1) is 15.3. The highest BCUT2D eigenvalue weighted by Crippen LogP contribution is 2.11. The maximum atomic E-state index is 11.8. The van der Waals surface area contributed by atoms with Crippen LogP contribution >= 0.6 is 0 Å². The molecule has 1 aliphatic heterocycles. The van der Waals surface area contributed by atoms with Gasteiger partial charge in [0, 0.05) is 13.1 Å². The zero-order valence-corrected chi connectivity index (χ0v) is 12.1. The molecule has 21 heavy (non-hydrogen) atoms. The number of rotatable bonds is 5. The van der Waals surface area contributed by atoms with Crippen molar-refractivity contribution < 1.29 is 19.1 Å². The van der Waals surface area contributed by atoms with Crippen molar-refractivity contribution in [2.24, 2.45) is 0 Å². The van der Waals surface area contributed by atoms with E-state index in [9.17, 15) is 9.59 Å². The van der Waals surface area contributed by atoms with Crippen LogP contribution in [0.25, 0.3) is 0 Å². The number of amides is 2. The van der Waals surface area contributed by atoms with Crippen molar-refractivity contribution in [3.05, 3.63) is 29.8 Å². The Balaban J connectivity index is 1.68. The minimum Gasteiger partial charge on any atom is -0.484 e. The van der Waals surface area contributed by atoms with Crippen LogP contribution in [-0.4, -0.2) is 56.2 Å². The summed E-state index contributed by atoms with van der Waals surface area (Å²) in [6, 6.07) is 7.46. The zero-order chi connectivity index (χ0) is 15.1. The number of benzene rings is 1. The number of hydrogen-bond acceptors (Lipinski definition) is 4. The molecule has 114 valence electrons. The van der Waals surface area contributed by atoms with Crippen LogP contribution in [0.5, 0.6) is 5.75 Å². The molecule has 6 heteroatoms. The smallest absolute Gasteiger partial charge is 0.258 e. The van der Waals surface area contributed by atoms with Crippen LogP contribution < -0.4 is 10.1 Å². The second-order valence-corrected chi connectivity index (χ2v) is 4.88. The van der Waals surface area contributed by atoms with Gasteiger partial charge in [0.25, 0.3) is 5.91 Å². The summed E-state index contributed by atoms with van der Waals surface area (Å²) in [5.74, 6) is 0.241.